The number of imidazole rings is 1. The first kappa shape index (κ1) is 21.2. The number of aromatic nitrogens is 2. The molecular formula is C19H18F2N2O4S2. The van der Waals surface area contributed by atoms with Crippen molar-refractivity contribution in [1.82, 2.24) is 9.55 Å². The van der Waals surface area contributed by atoms with Gasteiger partial charge >= 0.3 is 0 Å². The molecule has 1 aromatic heterocycles. The number of rotatable bonds is 2. The van der Waals surface area contributed by atoms with Crippen LogP contribution in [-0.4, -0.2) is 29.1 Å². The Morgan fingerprint density at radius 2 is 1.93 bits per heavy atom. The van der Waals surface area contributed by atoms with E-state index in [1.165, 1.54) is 18.2 Å². The third-order valence-corrected chi connectivity index (χ3v) is 5.55. The summed E-state index contributed by atoms with van der Waals surface area (Å²) in [5, 5.41) is 0. The number of aromatic amines is 1. The van der Waals surface area contributed by atoms with Crippen LogP contribution in [0.4, 0.5) is 8.78 Å². The molecule has 0 amide bonds. The van der Waals surface area contributed by atoms with Crippen LogP contribution in [0.15, 0.2) is 53.7 Å². The molecule has 1 aliphatic heterocycles. The molecule has 0 spiro atoms. The summed E-state index contributed by atoms with van der Waals surface area (Å²) < 4.78 is 64.0. The highest BCUT2D eigenvalue weighted by Crippen LogP contribution is 2.32. The smallest absolute Gasteiger partial charge is 0.294 e. The number of halogens is 2. The highest BCUT2D eigenvalue weighted by atomic mass is 32.2. The summed E-state index contributed by atoms with van der Waals surface area (Å²) in [6.07, 6.45) is 4.02. The van der Waals surface area contributed by atoms with E-state index >= 15 is 0 Å². The Hall–Kier alpha value is -2.56. The van der Waals surface area contributed by atoms with Crippen molar-refractivity contribution in [2.45, 2.75) is 24.3 Å². The molecule has 10 heteroatoms. The fourth-order valence-electron chi connectivity index (χ4n) is 2.93. The lowest BCUT2D eigenvalue weighted by molar-refractivity contribution is 0.212. The maximum atomic E-state index is 13.5. The third kappa shape index (κ3) is 5.08. The van der Waals surface area contributed by atoms with Crippen molar-refractivity contribution in [1.29, 1.82) is 0 Å². The average molecular weight is 440 g/mol. The molecule has 2 N–H and O–H groups in total. The van der Waals surface area contributed by atoms with Gasteiger partial charge in [-0.2, -0.15) is 8.42 Å². The van der Waals surface area contributed by atoms with Crippen LogP contribution in [0.2, 0.25) is 0 Å². The topological polar surface area (TPSA) is 84.3 Å². The summed E-state index contributed by atoms with van der Waals surface area (Å²) in [6.45, 7) is 2.16. The Kier molecular flexibility index (Phi) is 6.15. The van der Waals surface area contributed by atoms with Crippen LogP contribution in [0.1, 0.15) is 17.2 Å². The first-order valence-electron chi connectivity index (χ1n) is 8.55. The van der Waals surface area contributed by atoms with Gasteiger partial charge in [-0.1, -0.05) is 17.7 Å². The molecule has 29 heavy (non-hydrogen) atoms. The zero-order valence-electron chi connectivity index (χ0n) is 15.3. The lowest BCUT2D eigenvalue weighted by Gasteiger charge is -2.26. The second-order valence-corrected chi connectivity index (χ2v) is 8.31. The Balaban J connectivity index is 0.000000188. The maximum absolute atomic E-state index is 13.5. The lowest BCUT2D eigenvalue weighted by atomic mass is 10.0. The zero-order chi connectivity index (χ0) is 21.2. The molecule has 0 radical (unpaired) electrons. The van der Waals surface area contributed by atoms with E-state index in [1.807, 2.05) is 11.5 Å². The van der Waals surface area contributed by atoms with E-state index in [1.54, 1.807) is 24.5 Å². The SMILES string of the molecule is Cc1ccc(S(=O)(=O)O)cc1.Fc1cc(F)c2c(c1)CC(n1cc[nH]c1=S)CO2. The molecule has 0 fully saturated rings. The first-order chi connectivity index (χ1) is 13.6. The minimum Gasteiger partial charge on any atom is -0.488 e. The number of nitrogens with zero attached hydrogens (tertiary/aromatic N) is 1. The van der Waals surface area contributed by atoms with Crippen LogP contribution in [0.3, 0.4) is 0 Å². The molecule has 3 aromatic rings. The van der Waals surface area contributed by atoms with Crippen molar-refractivity contribution in [3.8, 4) is 5.75 Å². The van der Waals surface area contributed by atoms with Crippen molar-refractivity contribution in [3.63, 3.8) is 0 Å². The maximum Gasteiger partial charge on any atom is 0.294 e. The van der Waals surface area contributed by atoms with Crippen LogP contribution in [0.5, 0.6) is 5.75 Å². The summed E-state index contributed by atoms with van der Waals surface area (Å²) in [4.78, 5) is 2.82. The van der Waals surface area contributed by atoms with Crippen LogP contribution >= 0.6 is 12.2 Å². The van der Waals surface area contributed by atoms with Crippen molar-refractivity contribution in [3.05, 3.63) is 76.3 Å². The number of ether oxygens (including phenoxy) is 1. The lowest BCUT2D eigenvalue weighted by Crippen LogP contribution is -2.24. The quantitative estimate of drug-likeness (QED) is 0.460. The highest BCUT2D eigenvalue weighted by molar-refractivity contribution is 7.85. The van der Waals surface area contributed by atoms with Gasteiger partial charge in [-0.25, -0.2) is 8.78 Å². The summed E-state index contributed by atoms with van der Waals surface area (Å²) in [6, 6.07) is 8.08. The van der Waals surface area contributed by atoms with E-state index in [0.717, 1.165) is 11.6 Å². The number of aryl methyl sites for hydroxylation is 1. The molecule has 1 atom stereocenters. The van der Waals surface area contributed by atoms with Crippen LogP contribution in [0.25, 0.3) is 0 Å². The molecule has 1 unspecified atom stereocenters. The standard InChI is InChI=1S/C12H10F2N2OS.C7H8O3S/c13-8-3-7-4-9(16-2-1-15-12(16)18)6-17-11(7)10(14)5-8;1-6-2-4-7(5-3-6)11(8,9)10/h1-3,5,9H,4,6H2,(H,15,18);2-5H,1H3,(H,8,9,10). The zero-order valence-corrected chi connectivity index (χ0v) is 16.9. The van der Waals surface area contributed by atoms with Gasteiger partial charge < -0.3 is 14.3 Å². The van der Waals surface area contributed by atoms with E-state index in [9.17, 15) is 17.2 Å². The van der Waals surface area contributed by atoms with Gasteiger partial charge in [0, 0.05) is 30.4 Å². The molecule has 0 saturated heterocycles. The molecule has 2 aromatic carbocycles. The summed E-state index contributed by atoms with van der Waals surface area (Å²) in [5.74, 6) is -1.09. The van der Waals surface area contributed by atoms with E-state index in [4.69, 9.17) is 21.5 Å². The number of hydrogen-bond donors (Lipinski definition) is 2. The normalized spacial score (nSPS) is 15.7. The second kappa shape index (κ2) is 8.44. The third-order valence-electron chi connectivity index (χ3n) is 4.35. The van der Waals surface area contributed by atoms with Gasteiger partial charge in [-0.05, 0) is 37.3 Å². The van der Waals surface area contributed by atoms with Crippen LogP contribution in [0, 0.1) is 23.3 Å². The van der Waals surface area contributed by atoms with Crippen LogP contribution < -0.4 is 4.74 Å². The molecule has 6 nitrogen and oxygen atoms in total. The van der Waals surface area contributed by atoms with Crippen molar-refractivity contribution >= 4 is 22.3 Å². The van der Waals surface area contributed by atoms with Gasteiger partial charge in [0.15, 0.2) is 16.3 Å². The van der Waals surface area contributed by atoms with Crippen molar-refractivity contribution in [2.75, 3.05) is 6.61 Å². The number of nitrogens with one attached hydrogen (secondary N) is 1. The van der Waals surface area contributed by atoms with E-state index in [-0.39, 0.29) is 16.7 Å². The molecular weight excluding hydrogens is 422 g/mol. The molecule has 154 valence electrons. The summed E-state index contributed by atoms with van der Waals surface area (Å²) in [5.41, 5.74) is 1.49. The summed E-state index contributed by atoms with van der Waals surface area (Å²) in [7, 11) is -4.02. The van der Waals surface area contributed by atoms with Gasteiger partial charge in [-0.3, -0.25) is 4.55 Å². The van der Waals surface area contributed by atoms with Gasteiger partial charge in [0.25, 0.3) is 10.1 Å². The van der Waals surface area contributed by atoms with Gasteiger partial charge in [0.05, 0.1) is 10.9 Å². The van der Waals surface area contributed by atoms with Gasteiger partial charge in [-0.15, -0.1) is 0 Å². The molecule has 0 saturated carbocycles. The predicted molar refractivity (Wildman–Crippen MR) is 105 cm³/mol. The second-order valence-electron chi connectivity index (χ2n) is 6.51. The Morgan fingerprint density at radius 1 is 1.24 bits per heavy atom. The average Bonchev–Trinajstić information content (AvgIpc) is 3.07. The molecule has 2 heterocycles. The Bertz CT molecular complexity index is 1170. The summed E-state index contributed by atoms with van der Waals surface area (Å²) >= 11 is 5.12. The Labute approximate surface area is 171 Å². The predicted octanol–water partition coefficient (Wildman–Crippen LogP) is 4.24. The van der Waals surface area contributed by atoms with E-state index < -0.39 is 21.8 Å². The fourth-order valence-corrected chi connectivity index (χ4v) is 3.68. The highest BCUT2D eigenvalue weighted by Gasteiger charge is 2.24. The Morgan fingerprint density at radius 3 is 2.52 bits per heavy atom. The fraction of sp³-hybridized carbons (Fsp3) is 0.211. The molecule has 0 aliphatic carbocycles. The molecule has 1 aliphatic rings. The largest absolute Gasteiger partial charge is 0.488 e. The van der Waals surface area contributed by atoms with Gasteiger partial charge in [0.2, 0.25) is 0 Å². The van der Waals surface area contributed by atoms with Gasteiger partial charge in [0.1, 0.15) is 12.4 Å². The van der Waals surface area contributed by atoms with E-state index in [0.29, 0.717) is 23.4 Å². The molecule has 0 bridgehead atoms. The van der Waals surface area contributed by atoms with Crippen LogP contribution in [-0.2, 0) is 16.5 Å². The number of fused-ring (bicyclic) bond motifs is 1. The van der Waals surface area contributed by atoms with Crippen molar-refractivity contribution in [2.24, 2.45) is 0 Å². The first-order valence-corrected chi connectivity index (χ1v) is 10.4. The number of H-pyrrole nitrogens is 1. The monoisotopic (exact) mass is 440 g/mol. The minimum atomic E-state index is -4.02. The molecule has 4 rings (SSSR count). The number of hydrogen-bond acceptors (Lipinski definition) is 4. The van der Waals surface area contributed by atoms with Crippen molar-refractivity contribution < 1.29 is 26.5 Å². The minimum absolute atomic E-state index is 0.0440. The number of benzene rings is 2. The van der Waals surface area contributed by atoms with E-state index in [2.05, 4.69) is 4.98 Å².